The number of furan rings is 1. The summed E-state index contributed by atoms with van der Waals surface area (Å²) in [6, 6.07) is 11.2. The van der Waals surface area contributed by atoms with E-state index < -0.39 is 0 Å². The number of benzene rings is 2. The molecular weight excluding hydrogens is 374 g/mol. The third kappa shape index (κ3) is 5.65. The number of rotatable bonds is 8. The van der Waals surface area contributed by atoms with E-state index in [1.54, 1.807) is 34.5 Å². The Bertz CT molecular complexity index is 907. The summed E-state index contributed by atoms with van der Waals surface area (Å²) in [7, 11) is 6.41. The lowest BCUT2D eigenvalue weighted by Crippen LogP contribution is -2.01. The number of anilines is 1. The number of methoxy groups -OCH3 is 4. The zero-order valence-corrected chi connectivity index (χ0v) is 17.4. The van der Waals surface area contributed by atoms with Crippen molar-refractivity contribution in [2.75, 3.05) is 40.4 Å². The number of ether oxygens (including phenoxy) is 4. The number of hydrogen-bond acceptors (Lipinski definition) is 7. The van der Waals surface area contributed by atoms with Gasteiger partial charge in [0.05, 0.1) is 21.3 Å². The molecule has 3 rings (SSSR count). The lowest BCUT2D eigenvalue weighted by atomic mass is 10.1. The van der Waals surface area contributed by atoms with Crippen LogP contribution in [0.1, 0.15) is 23.0 Å². The van der Waals surface area contributed by atoms with Gasteiger partial charge < -0.3 is 28.7 Å². The van der Waals surface area contributed by atoms with Gasteiger partial charge in [0.15, 0.2) is 23.5 Å². The first-order valence-electron chi connectivity index (χ1n) is 9.10. The monoisotopic (exact) mass is 401 g/mol. The molecule has 1 N–H and O–H groups in total. The van der Waals surface area contributed by atoms with Gasteiger partial charge in [-0.1, -0.05) is 6.07 Å². The number of aldehydes is 1. The van der Waals surface area contributed by atoms with Crippen LogP contribution in [0.2, 0.25) is 0 Å². The van der Waals surface area contributed by atoms with Gasteiger partial charge in [-0.25, -0.2) is 0 Å². The molecule has 0 atom stereocenters. The smallest absolute Gasteiger partial charge is 0.203 e. The van der Waals surface area contributed by atoms with Crippen LogP contribution in [0.25, 0.3) is 11.0 Å². The average Bonchev–Trinajstić information content (AvgIpc) is 3.19. The Labute approximate surface area is 170 Å². The Balaban J connectivity index is 0.000000687. The second kappa shape index (κ2) is 11.0. The molecule has 0 aliphatic carbocycles. The normalized spacial score (nSPS) is 10.1. The number of carbonyl (C=O) groups is 1. The third-order valence-corrected chi connectivity index (χ3v) is 4.17. The predicted octanol–water partition coefficient (Wildman–Crippen LogP) is 4.54. The lowest BCUT2D eigenvalue weighted by molar-refractivity contribution is 0.110. The van der Waals surface area contributed by atoms with Crippen molar-refractivity contribution in [3.63, 3.8) is 0 Å². The van der Waals surface area contributed by atoms with E-state index in [2.05, 4.69) is 10.1 Å². The minimum atomic E-state index is 0.324. The van der Waals surface area contributed by atoms with E-state index in [1.165, 1.54) is 0 Å². The van der Waals surface area contributed by atoms with Gasteiger partial charge in [0.1, 0.15) is 5.58 Å². The van der Waals surface area contributed by atoms with E-state index in [1.807, 2.05) is 37.3 Å². The van der Waals surface area contributed by atoms with Crippen molar-refractivity contribution in [3.8, 4) is 17.2 Å². The summed E-state index contributed by atoms with van der Waals surface area (Å²) in [4.78, 5) is 10.8. The van der Waals surface area contributed by atoms with Crippen molar-refractivity contribution in [2.24, 2.45) is 0 Å². The van der Waals surface area contributed by atoms with Crippen LogP contribution in [0.3, 0.4) is 0 Å². The molecule has 1 heterocycles. The first-order chi connectivity index (χ1) is 14.1. The van der Waals surface area contributed by atoms with Crippen LogP contribution in [0.5, 0.6) is 17.2 Å². The Morgan fingerprint density at radius 2 is 1.62 bits per heavy atom. The Morgan fingerprint density at radius 3 is 2.14 bits per heavy atom. The van der Waals surface area contributed by atoms with Crippen molar-refractivity contribution in [2.45, 2.75) is 13.5 Å². The highest BCUT2D eigenvalue weighted by Crippen LogP contribution is 2.40. The molecule has 0 aliphatic rings. The fraction of sp³-hybridized carbons (Fsp3) is 0.318. The van der Waals surface area contributed by atoms with Crippen molar-refractivity contribution < 1.29 is 28.2 Å². The first-order valence-corrected chi connectivity index (χ1v) is 9.10. The molecule has 3 aromatic rings. The van der Waals surface area contributed by atoms with Crippen molar-refractivity contribution in [1.29, 1.82) is 0 Å². The second-order valence-electron chi connectivity index (χ2n) is 5.98. The predicted molar refractivity (Wildman–Crippen MR) is 113 cm³/mol. The number of nitrogens with one attached hydrogen (secondary N) is 1. The Hall–Kier alpha value is -3.19. The van der Waals surface area contributed by atoms with Crippen LogP contribution in [0.15, 0.2) is 40.8 Å². The maximum absolute atomic E-state index is 10.8. The van der Waals surface area contributed by atoms with E-state index in [-0.39, 0.29) is 0 Å². The summed E-state index contributed by atoms with van der Waals surface area (Å²) in [5.74, 6) is 2.05. The molecule has 1 aromatic heterocycles. The zero-order chi connectivity index (χ0) is 21.2. The third-order valence-electron chi connectivity index (χ3n) is 4.17. The van der Waals surface area contributed by atoms with Gasteiger partial charge in [-0.2, -0.15) is 0 Å². The summed E-state index contributed by atoms with van der Waals surface area (Å²) in [6.45, 7) is 3.37. The summed E-state index contributed by atoms with van der Waals surface area (Å²) < 4.78 is 26.0. The molecule has 0 unspecified atom stereocenters. The van der Waals surface area contributed by atoms with Crippen LogP contribution < -0.4 is 19.5 Å². The highest BCUT2D eigenvalue weighted by Gasteiger charge is 2.13. The first kappa shape index (κ1) is 22.1. The van der Waals surface area contributed by atoms with Crippen LogP contribution >= 0.6 is 0 Å². The standard InChI is InChI=1S/C19H19NO5.C3H8O/c1-22-17-8-14(9-18(23-2)19(17)24-3)20-10-12-4-5-16-13(6-12)7-15(11-21)25-16;1-3-4-2/h4-9,11,20H,10H2,1-3H3;3H2,1-2H3. The molecule has 0 saturated heterocycles. The topological polar surface area (TPSA) is 79.2 Å². The average molecular weight is 401 g/mol. The Morgan fingerprint density at radius 1 is 0.966 bits per heavy atom. The molecule has 29 heavy (non-hydrogen) atoms. The minimum absolute atomic E-state index is 0.324. The van der Waals surface area contributed by atoms with Gasteiger partial charge in [0.2, 0.25) is 5.75 Å². The number of fused-ring (bicyclic) bond motifs is 1. The second-order valence-corrected chi connectivity index (χ2v) is 5.98. The number of carbonyl (C=O) groups excluding carboxylic acids is 1. The van der Waals surface area contributed by atoms with E-state index in [9.17, 15) is 4.79 Å². The van der Waals surface area contributed by atoms with Gasteiger partial charge in [-0.05, 0) is 30.7 Å². The summed E-state index contributed by atoms with van der Waals surface area (Å²) in [5.41, 5.74) is 2.59. The highest BCUT2D eigenvalue weighted by atomic mass is 16.5. The summed E-state index contributed by atoms with van der Waals surface area (Å²) in [5, 5.41) is 4.23. The molecule has 2 aromatic carbocycles. The molecule has 7 heteroatoms. The SMILES string of the molecule is CCOC.COc1cc(NCc2ccc3oc(C=O)cc3c2)cc(OC)c1OC. The zero-order valence-electron chi connectivity index (χ0n) is 17.4. The molecule has 0 fully saturated rings. The molecule has 0 aliphatic heterocycles. The fourth-order valence-corrected chi connectivity index (χ4v) is 2.67. The summed E-state index contributed by atoms with van der Waals surface area (Å²) >= 11 is 0. The maximum Gasteiger partial charge on any atom is 0.203 e. The molecule has 156 valence electrons. The van der Waals surface area contributed by atoms with Gasteiger partial charge in [-0.15, -0.1) is 0 Å². The van der Waals surface area contributed by atoms with E-state index in [4.69, 9.17) is 18.6 Å². The quantitative estimate of drug-likeness (QED) is 0.555. The van der Waals surface area contributed by atoms with Gasteiger partial charge in [0, 0.05) is 43.5 Å². The fourth-order valence-electron chi connectivity index (χ4n) is 2.67. The van der Waals surface area contributed by atoms with Crippen LogP contribution in [-0.4, -0.2) is 41.3 Å². The molecular formula is C22H27NO6. The molecule has 0 saturated carbocycles. The number of hydrogen-bond donors (Lipinski definition) is 1. The molecule has 0 amide bonds. The highest BCUT2D eigenvalue weighted by molar-refractivity contribution is 5.85. The van der Waals surface area contributed by atoms with Crippen molar-refractivity contribution in [3.05, 3.63) is 47.7 Å². The van der Waals surface area contributed by atoms with Crippen LogP contribution in [0.4, 0.5) is 5.69 Å². The molecule has 0 bridgehead atoms. The van der Waals surface area contributed by atoms with E-state index in [0.717, 1.165) is 23.2 Å². The van der Waals surface area contributed by atoms with Gasteiger partial charge >= 0.3 is 0 Å². The summed E-state index contributed by atoms with van der Waals surface area (Å²) in [6.07, 6.45) is 0.702. The lowest BCUT2D eigenvalue weighted by Gasteiger charge is -2.15. The van der Waals surface area contributed by atoms with Crippen molar-refractivity contribution >= 4 is 22.9 Å². The van der Waals surface area contributed by atoms with E-state index >= 15 is 0 Å². The molecule has 0 radical (unpaired) electrons. The van der Waals surface area contributed by atoms with Crippen LogP contribution in [0, 0.1) is 0 Å². The van der Waals surface area contributed by atoms with Crippen LogP contribution in [-0.2, 0) is 11.3 Å². The maximum atomic E-state index is 10.8. The van der Waals surface area contributed by atoms with E-state index in [0.29, 0.717) is 41.4 Å². The minimum Gasteiger partial charge on any atom is -0.493 e. The molecule has 7 nitrogen and oxygen atoms in total. The Kier molecular flexibility index (Phi) is 8.36. The van der Waals surface area contributed by atoms with Crippen molar-refractivity contribution in [1.82, 2.24) is 0 Å². The van der Waals surface area contributed by atoms with Gasteiger partial charge in [0.25, 0.3) is 0 Å². The largest absolute Gasteiger partial charge is 0.493 e. The molecule has 0 spiro atoms. The van der Waals surface area contributed by atoms with Gasteiger partial charge in [-0.3, -0.25) is 4.79 Å².